The summed E-state index contributed by atoms with van der Waals surface area (Å²) in [6.07, 6.45) is 4.67. The van der Waals surface area contributed by atoms with Gasteiger partial charge in [0, 0.05) is 36.0 Å². The van der Waals surface area contributed by atoms with Crippen LogP contribution in [0.3, 0.4) is 0 Å². The Balaban J connectivity index is 1.72. The van der Waals surface area contributed by atoms with Crippen LogP contribution in [0.5, 0.6) is 0 Å². The summed E-state index contributed by atoms with van der Waals surface area (Å²) in [5, 5.41) is 7.77. The van der Waals surface area contributed by atoms with E-state index in [0.29, 0.717) is 5.76 Å². The molecule has 4 rings (SSSR count). The van der Waals surface area contributed by atoms with Gasteiger partial charge in [-0.3, -0.25) is 9.48 Å². The first-order valence-electron chi connectivity index (χ1n) is 9.62. The van der Waals surface area contributed by atoms with E-state index in [-0.39, 0.29) is 5.91 Å². The molecule has 0 saturated heterocycles. The summed E-state index contributed by atoms with van der Waals surface area (Å²) in [6, 6.07) is 6.08. The average molecular weight is 363 g/mol. The number of anilines is 1. The molecule has 1 aliphatic carbocycles. The predicted molar refractivity (Wildman–Crippen MR) is 106 cm³/mol. The van der Waals surface area contributed by atoms with Gasteiger partial charge in [-0.15, -0.1) is 0 Å². The highest BCUT2D eigenvalue weighted by Crippen LogP contribution is 2.38. The number of hydrogen-bond donors (Lipinski definition) is 1. The molecule has 2 heterocycles. The van der Waals surface area contributed by atoms with Gasteiger partial charge in [-0.1, -0.05) is 25.1 Å². The van der Waals surface area contributed by atoms with Crippen molar-refractivity contribution in [3.63, 3.8) is 0 Å². The van der Waals surface area contributed by atoms with Crippen molar-refractivity contribution in [3.05, 3.63) is 58.2 Å². The molecule has 1 N–H and O–H groups in total. The number of hydrogen-bond acceptors (Lipinski definition) is 3. The first-order valence-corrected chi connectivity index (χ1v) is 9.62. The minimum absolute atomic E-state index is 0.192. The van der Waals surface area contributed by atoms with Crippen molar-refractivity contribution in [2.24, 2.45) is 0 Å². The highest BCUT2D eigenvalue weighted by atomic mass is 16.4. The summed E-state index contributed by atoms with van der Waals surface area (Å²) in [6.45, 7) is 8.97. The van der Waals surface area contributed by atoms with E-state index in [2.05, 4.69) is 25.4 Å². The summed E-state index contributed by atoms with van der Waals surface area (Å²) >= 11 is 0. The SMILES string of the molecule is CCc1cccc(C)c1NC(=O)c1oc2c(c1C)-c1nn(CC)cc1CC2. The number of furan rings is 1. The molecule has 3 aromatic rings. The Morgan fingerprint density at radius 2 is 2.07 bits per heavy atom. The highest BCUT2D eigenvalue weighted by molar-refractivity contribution is 6.05. The summed E-state index contributed by atoms with van der Waals surface area (Å²) in [7, 11) is 0. The van der Waals surface area contributed by atoms with Crippen LogP contribution >= 0.6 is 0 Å². The maximum Gasteiger partial charge on any atom is 0.291 e. The molecule has 2 aromatic heterocycles. The second-order valence-electron chi connectivity index (χ2n) is 7.13. The quantitative estimate of drug-likeness (QED) is 0.731. The molecule has 0 spiro atoms. The lowest BCUT2D eigenvalue weighted by molar-refractivity contribution is 0.0994. The number of carbonyl (C=O) groups excluding carboxylic acids is 1. The number of aryl methyl sites for hydroxylation is 5. The van der Waals surface area contributed by atoms with E-state index in [1.807, 2.05) is 36.7 Å². The van der Waals surface area contributed by atoms with E-state index in [1.165, 1.54) is 5.56 Å². The van der Waals surface area contributed by atoms with E-state index in [1.54, 1.807) is 0 Å². The first-order chi connectivity index (χ1) is 13.0. The van der Waals surface area contributed by atoms with Gasteiger partial charge in [0.15, 0.2) is 5.76 Å². The Kier molecular flexibility index (Phi) is 4.38. The monoisotopic (exact) mass is 363 g/mol. The maximum atomic E-state index is 13.0. The van der Waals surface area contributed by atoms with Crippen molar-refractivity contribution < 1.29 is 9.21 Å². The van der Waals surface area contributed by atoms with Gasteiger partial charge < -0.3 is 9.73 Å². The Hall–Kier alpha value is -2.82. The fraction of sp³-hybridized carbons (Fsp3) is 0.364. The third-order valence-corrected chi connectivity index (χ3v) is 5.42. The van der Waals surface area contributed by atoms with Crippen LogP contribution in [0.2, 0.25) is 0 Å². The molecule has 27 heavy (non-hydrogen) atoms. The first kappa shape index (κ1) is 17.6. The number of carbonyl (C=O) groups is 1. The molecule has 5 nitrogen and oxygen atoms in total. The lowest BCUT2D eigenvalue weighted by atomic mass is 9.93. The van der Waals surface area contributed by atoms with Crippen molar-refractivity contribution in [1.29, 1.82) is 0 Å². The topological polar surface area (TPSA) is 60.1 Å². The zero-order valence-corrected chi connectivity index (χ0v) is 16.3. The number of nitrogens with one attached hydrogen (secondary N) is 1. The number of benzene rings is 1. The van der Waals surface area contributed by atoms with Crippen molar-refractivity contribution in [2.45, 2.75) is 53.5 Å². The number of aromatic nitrogens is 2. The molecular formula is C22H25N3O2. The summed E-state index contributed by atoms with van der Waals surface area (Å²) < 4.78 is 7.97. The number of nitrogens with zero attached hydrogens (tertiary/aromatic N) is 2. The number of para-hydroxylation sites is 1. The van der Waals surface area contributed by atoms with Gasteiger partial charge >= 0.3 is 0 Å². The predicted octanol–water partition coefficient (Wildman–Crippen LogP) is 4.69. The fourth-order valence-corrected chi connectivity index (χ4v) is 3.91. The standard InChI is InChI=1S/C22H25N3O2/c1-5-15-9-7-8-13(3)19(15)23-22(26)21-14(4)18-17(27-21)11-10-16-12-25(6-2)24-20(16)18/h7-9,12H,5-6,10-11H2,1-4H3,(H,23,26). The molecule has 0 bridgehead atoms. The second kappa shape index (κ2) is 6.72. The van der Waals surface area contributed by atoms with E-state index in [0.717, 1.165) is 65.2 Å². The Morgan fingerprint density at radius 1 is 1.26 bits per heavy atom. The molecule has 0 radical (unpaired) electrons. The van der Waals surface area contributed by atoms with Gasteiger partial charge in [-0.2, -0.15) is 5.10 Å². The molecule has 0 saturated carbocycles. The zero-order valence-electron chi connectivity index (χ0n) is 16.3. The minimum Gasteiger partial charge on any atom is -0.455 e. The highest BCUT2D eigenvalue weighted by Gasteiger charge is 2.29. The molecule has 0 fully saturated rings. The van der Waals surface area contributed by atoms with Crippen LogP contribution in [0, 0.1) is 13.8 Å². The molecule has 5 heteroatoms. The van der Waals surface area contributed by atoms with Gasteiger partial charge in [0.1, 0.15) is 5.76 Å². The molecular weight excluding hydrogens is 338 g/mol. The van der Waals surface area contributed by atoms with E-state index in [4.69, 9.17) is 9.52 Å². The number of rotatable bonds is 4. The van der Waals surface area contributed by atoms with Crippen LogP contribution in [0.1, 0.15) is 52.4 Å². The van der Waals surface area contributed by atoms with Gasteiger partial charge in [0.2, 0.25) is 0 Å². The molecule has 1 amide bonds. The van der Waals surface area contributed by atoms with Crippen LogP contribution in [0.4, 0.5) is 5.69 Å². The largest absolute Gasteiger partial charge is 0.455 e. The zero-order chi connectivity index (χ0) is 19.1. The van der Waals surface area contributed by atoms with Crippen LogP contribution in [0.25, 0.3) is 11.3 Å². The lowest BCUT2D eigenvalue weighted by Gasteiger charge is -2.12. The van der Waals surface area contributed by atoms with Crippen molar-refractivity contribution in [1.82, 2.24) is 9.78 Å². The van der Waals surface area contributed by atoms with E-state index in [9.17, 15) is 4.79 Å². The van der Waals surface area contributed by atoms with Gasteiger partial charge in [-0.05, 0) is 50.3 Å². The van der Waals surface area contributed by atoms with Gasteiger partial charge in [0.25, 0.3) is 5.91 Å². The second-order valence-corrected chi connectivity index (χ2v) is 7.13. The van der Waals surface area contributed by atoms with Crippen LogP contribution in [-0.2, 0) is 25.8 Å². The normalized spacial score (nSPS) is 12.6. The van der Waals surface area contributed by atoms with Gasteiger partial charge in [0.05, 0.1) is 5.69 Å². The molecule has 1 aromatic carbocycles. The molecule has 0 aliphatic heterocycles. The molecule has 1 aliphatic rings. The third-order valence-electron chi connectivity index (χ3n) is 5.42. The lowest BCUT2D eigenvalue weighted by Crippen LogP contribution is -2.14. The summed E-state index contributed by atoms with van der Waals surface area (Å²) in [5.74, 6) is 1.07. The van der Waals surface area contributed by atoms with Crippen molar-refractivity contribution >= 4 is 11.6 Å². The summed E-state index contributed by atoms with van der Waals surface area (Å²) in [4.78, 5) is 13.0. The van der Waals surface area contributed by atoms with Crippen LogP contribution in [-0.4, -0.2) is 15.7 Å². The molecule has 0 unspecified atom stereocenters. The van der Waals surface area contributed by atoms with Crippen molar-refractivity contribution in [2.75, 3.05) is 5.32 Å². The van der Waals surface area contributed by atoms with E-state index < -0.39 is 0 Å². The van der Waals surface area contributed by atoms with Crippen LogP contribution in [0.15, 0.2) is 28.8 Å². The summed E-state index contributed by atoms with van der Waals surface area (Å²) in [5.41, 5.74) is 7.12. The van der Waals surface area contributed by atoms with Crippen molar-refractivity contribution in [3.8, 4) is 11.3 Å². The minimum atomic E-state index is -0.192. The van der Waals surface area contributed by atoms with Crippen LogP contribution < -0.4 is 5.32 Å². The van der Waals surface area contributed by atoms with E-state index >= 15 is 0 Å². The molecule has 0 atom stereocenters. The number of amides is 1. The Bertz CT molecular complexity index is 1030. The maximum absolute atomic E-state index is 13.0. The number of fused-ring (bicyclic) bond motifs is 3. The fourth-order valence-electron chi connectivity index (χ4n) is 3.91. The molecule has 140 valence electrons. The Labute approximate surface area is 159 Å². The van der Waals surface area contributed by atoms with Gasteiger partial charge in [-0.25, -0.2) is 0 Å². The average Bonchev–Trinajstić information content (AvgIpc) is 3.23. The third kappa shape index (κ3) is 2.87. The smallest absolute Gasteiger partial charge is 0.291 e. The Morgan fingerprint density at radius 3 is 2.81 bits per heavy atom.